The molecule has 0 unspecified atom stereocenters. The van der Waals surface area contributed by atoms with Crippen LogP contribution < -0.4 is 85.9 Å². The van der Waals surface area contributed by atoms with Crippen molar-refractivity contribution in [1.82, 2.24) is 89.4 Å². The molecule has 6 rings (SSSR count). The Bertz CT molecular complexity index is 4390. The summed E-state index contributed by atoms with van der Waals surface area (Å²) in [7, 11) is 0. The van der Waals surface area contributed by atoms with Gasteiger partial charge in [-0.05, 0) is 92.7 Å². The van der Waals surface area contributed by atoms with Gasteiger partial charge in [-0.2, -0.15) is 0 Å². The molecule has 0 aliphatic carbocycles. The number of hydrogen-bond acceptors (Lipinski definition) is 21. The Kier molecular flexibility index (Phi) is 37.2. The first kappa shape index (κ1) is 95.4. The number of amides is 16. The minimum absolute atomic E-state index is 0.108. The number of carboxylic acid groups (broad SMARTS) is 1. The van der Waals surface area contributed by atoms with E-state index in [0.29, 0.717) is 39.4 Å². The second-order valence-electron chi connectivity index (χ2n) is 30.1. The van der Waals surface area contributed by atoms with E-state index in [4.69, 9.17) is 11.5 Å². The number of hydrogen-bond donors (Lipinski definition) is 21. The zero-order valence-electron chi connectivity index (χ0n) is 67.5. The van der Waals surface area contributed by atoms with Gasteiger partial charge in [0.2, 0.25) is 94.5 Å². The highest BCUT2D eigenvalue weighted by Gasteiger charge is 2.40. The lowest BCUT2D eigenvalue weighted by molar-refractivity contribution is -0.141. The number of carbonyl (C=O) groups excluding carboxylic acids is 16. The van der Waals surface area contributed by atoms with E-state index in [2.05, 4.69) is 89.4 Å². The van der Waals surface area contributed by atoms with E-state index in [9.17, 15) is 96.8 Å². The van der Waals surface area contributed by atoms with Crippen molar-refractivity contribution in [3.8, 4) is 5.75 Å². The predicted molar refractivity (Wildman–Crippen MR) is 433 cm³/mol. The van der Waals surface area contributed by atoms with E-state index in [0.717, 1.165) is 6.92 Å². The van der Waals surface area contributed by atoms with Gasteiger partial charge >= 0.3 is 5.97 Å². The largest absolute Gasteiger partial charge is 0.508 e. The first-order chi connectivity index (χ1) is 56.3. The summed E-state index contributed by atoms with van der Waals surface area (Å²) >= 11 is 0.709. The molecular formula is C79H109N19O20S. The topological polar surface area (TPSA) is 616 Å². The van der Waals surface area contributed by atoms with Crippen molar-refractivity contribution in [1.29, 1.82) is 0 Å². The molecule has 23 N–H and O–H groups in total. The number of nitrogens with zero attached hydrogens (tertiary/aromatic N) is 1. The molecule has 1 fully saturated rings. The van der Waals surface area contributed by atoms with E-state index in [1.165, 1.54) is 50.6 Å². The number of H-pyrrole nitrogens is 2. The van der Waals surface area contributed by atoms with Crippen LogP contribution >= 0.6 is 11.8 Å². The van der Waals surface area contributed by atoms with Crippen LogP contribution in [0, 0.1) is 17.8 Å². The van der Waals surface area contributed by atoms with Crippen molar-refractivity contribution >= 4 is 123 Å². The highest BCUT2D eigenvalue weighted by molar-refractivity contribution is 8.00. The van der Waals surface area contributed by atoms with Crippen molar-refractivity contribution < 1.29 is 96.8 Å². The van der Waals surface area contributed by atoms with Gasteiger partial charge in [0.1, 0.15) is 84.3 Å². The van der Waals surface area contributed by atoms with Crippen LogP contribution in [0.5, 0.6) is 5.75 Å². The van der Waals surface area contributed by atoms with Gasteiger partial charge in [-0.1, -0.05) is 109 Å². The summed E-state index contributed by atoms with van der Waals surface area (Å²) in [5, 5.41) is 67.5. The lowest BCUT2D eigenvalue weighted by Gasteiger charge is -2.30. The molecule has 0 spiro atoms. The summed E-state index contributed by atoms with van der Waals surface area (Å²) in [4.78, 5) is 250. The molecule has 1 aliphatic rings. The molecule has 2 aromatic heterocycles. The third-order valence-corrected chi connectivity index (χ3v) is 20.3. The lowest BCUT2D eigenvalue weighted by atomic mass is 9.96. The maximum atomic E-state index is 15.0. The average molecular weight is 1680 g/mol. The number of phenolic OH excluding ortho intramolecular Hbond substituents is 1. The molecule has 0 saturated carbocycles. The quantitative estimate of drug-likeness (QED) is 0.0306. The molecule has 40 heteroatoms. The molecule has 119 heavy (non-hydrogen) atoms. The summed E-state index contributed by atoms with van der Waals surface area (Å²) in [6, 6.07) is -0.775. The van der Waals surface area contributed by atoms with E-state index < -0.39 is 235 Å². The summed E-state index contributed by atoms with van der Waals surface area (Å²) in [6.07, 6.45) is -0.849. The number of carboxylic acids is 1. The number of nitrogens with two attached hydrogens (primary N) is 2. The second kappa shape index (κ2) is 46.5. The number of aromatic nitrogens is 3. The van der Waals surface area contributed by atoms with Crippen LogP contribution in [0.4, 0.5) is 0 Å². The molecule has 5 aromatic rings. The number of phenols is 1. The molecular weight excluding hydrogens is 1570 g/mol. The van der Waals surface area contributed by atoms with Gasteiger partial charge in [-0.25, -0.2) is 4.98 Å². The van der Waals surface area contributed by atoms with Gasteiger partial charge in [0, 0.05) is 61.2 Å². The number of nitrogens with one attached hydrogen (secondary N) is 16. The second-order valence-corrected chi connectivity index (χ2v) is 31.1. The van der Waals surface area contributed by atoms with Crippen molar-refractivity contribution in [2.45, 2.75) is 211 Å². The molecule has 39 nitrogen and oxygen atoms in total. The standard InChI is InChI=1S/C79H109N19O20S/c1-10-41(6)65-78(117)87-43(8)68(107)98-66(44(9)99)79(118)95-54(27-40(4)5)73(112)91-53(26-39(2)3)72(111)89-52(24-25-61(80)101)70(109)96-60(69(108)84-35-62(81)102)36-119-37-63(103)88-55(29-46-20-22-49(100)23-21-46)74(113)93-58(31-48-34-82-38-85-48)76(115)92-56(28-45-16-12-11-13-17-45)75(114)94-59(32-64(104)105)71(110)86-42(7)67(106)90-57(77(116)97-65)30-47-33-83-51-19-15-14-18-50(47)51/h11-23,33-34,38-44,52-60,65-66,83,99-100H,10,24-32,35-37H2,1-9H3,(H2,80,101)(H2,81,102)(H,82,85)(H,84,108)(H,86,110)(H,87,117)(H,88,103)(H,89,111)(H,90,106)(H,91,112)(H,92,115)(H,93,113)(H,94,114)(H,95,118)(H,96,109)(H,97,116)(H,98,107)(H,104,105)/t41-,42-,43-,44+,52-,53-,54-,55-,56-,57-,58-,59-,60-,65-,66-/m0/s1. The number of aliphatic hydroxyl groups excluding tert-OH is 1. The number of benzene rings is 3. The van der Waals surface area contributed by atoms with Crippen LogP contribution in [0.15, 0.2) is 97.6 Å². The Morgan fingerprint density at radius 1 is 0.513 bits per heavy atom. The van der Waals surface area contributed by atoms with Crippen LogP contribution in [0.1, 0.15) is 123 Å². The molecule has 1 saturated heterocycles. The normalized spacial score (nSPS) is 24.2. The maximum Gasteiger partial charge on any atom is 0.305 e. The first-order valence-electron chi connectivity index (χ1n) is 38.9. The van der Waals surface area contributed by atoms with Crippen LogP contribution in [0.3, 0.4) is 0 Å². The molecule has 0 radical (unpaired) electrons. The minimum Gasteiger partial charge on any atom is -0.508 e. The third kappa shape index (κ3) is 31.1. The van der Waals surface area contributed by atoms with Crippen molar-refractivity contribution in [2.24, 2.45) is 29.2 Å². The summed E-state index contributed by atoms with van der Waals surface area (Å²) in [6.45, 7) is 13.0. The predicted octanol–water partition coefficient (Wildman–Crippen LogP) is -3.18. The number of para-hydroxylation sites is 1. The molecule has 646 valence electrons. The highest BCUT2D eigenvalue weighted by atomic mass is 32.2. The fourth-order valence-electron chi connectivity index (χ4n) is 12.6. The zero-order chi connectivity index (χ0) is 87.9. The van der Waals surface area contributed by atoms with E-state index in [1.54, 1.807) is 102 Å². The molecule has 1 aliphatic heterocycles. The number of rotatable bonds is 23. The first-order valence-corrected chi connectivity index (χ1v) is 40.0. The lowest BCUT2D eigenvalue weighted by Crippen LogP contribution is -2.62. The van der Waals surface area contributed by atoms with Gasteiger partial charge in [-0.3, -0.25) is 81.5 Å². The SMILES string of the molecule is CC[C@H](C)[C@@H]1NC(=O)[C@H](Cc2c[nH]c3ccccc23)NC(=O)[C@H](C)NC(=O)[C@H](CC(=O)O)NC(=O)[C@H](Cc2ccccc2)NC(=O)[C@H](Cc2c[nH]cn2)NC(=O)[C@H](Cc2ccc(O)cc2)NC(=O)CSC[C@@H](C(=O)NCC(N)=O)NC(=O)[C@H](CCC(N)=O)NC(=O)[C@H](CC(C)C)NC(=O)[C@H](CC(C)C)NC(=O)[C@H]([C@@H](C)O)NC(=O)[C@H](C)NC1=O. The number of aliphatic carboxylic acids is 1. The Balaban J connectivity index is 1.43. The number of fused-ring (bicyclic) bond motifs is 1. The minimum atomic E-state index is -1.99. The van der Waals surface area contributed by atoms with Crippen LogP contribution in [-0.2, 0) is 107 Å². The van der Waals surface area contributed by atoms with Gasteiger partial charge in [0.05, 0.1) is 36.8 Å². The van der Waals surface area contributed by atoms with Crippen molar-refractivity contribution in [2.75, 3.05) is 18.1 Å². The Hall–Kier alpha value is -12.5. The highest BCUT2D eigenvalue weighted by Crippen LogP contribution is 2.22. The molecule has 0 bridgehead atoms. The number of thioether (sulfide) groups is 1. The number of aromatic hydroxyl groups is 1. The number of aromatic amines is 2. The number of carbonyl (C=O) groups is 17. The summed E-state index contributed by atoms with van der Waals surface area (Å²) in [5.74, 6) is -20.7. The molecule has 3 aromatic carbocycles. The summed E-state index contributed by atoms with van der Waals surface area (Å²) < 4.78 is 0. The zero-order valence-corrected chi connectivity index (χ0v) is 68.4. The van der Waals surface area contributed by atoms with E-state index in [1.807, 2.05) is 0 Å². The van der Waals surface area contributed by atoms with Crippen molar-refractivity contribution in [3.05, 3.63) is 120 Å². The summed E-state index contributed by atoms with van der Waals surface area (Å²) in [5.41, 5.74) is 13.0. The molecule has 16 amide bonds. The van der Waals surface area contributed by atoms with Gasteiger partial charge in [-0.15, -0.1) is 11.8 Å². The van der Waals surface area contributed by atoms with Crippen LogP contribution in [-0.4, -0.2) is 233 Å². The monoisotopic (exact) mass is 1680 g/mol. The average Bonchev–Trinajstić information content (AvgIpc) is 1.71. The Morgan fingerprint density at radius 2 is 0.983 bits per heavy atom. The number of imidazole rings is 1. The smallest absolute Gasteiger partial charge is 0.305 e. The van der Waals surface area contributed by atoms with Gasteiger partial charge in [0.15, 0.2) is 0 Å². The van der Waals surface area contributed by atoms with Gasteiger partial charge in [0.25, 0.3) is 0 Å². The maximum absolute atomic E-state index is 15.0. The fraction of sp³-hybridized carbons (Fsp3) is 0.494. The van der Waals surface area contributed by atoms with Gasteiger partial charge < -0.3 is 111 Å². The number of primary amides is 2. The Morgan fingerprint density at radius 3 is 1.55 bits per heavy atom. The molecule has 3 heterocycles. The molecule has 15 atom stereocenters. The van der Waals surface area contributed by atoms with Crippen LogP contribution in [0.2, 0.25) is 0 Å². The van der Waals surface area contributed by atoms with E-state index in [-0.39, 0.29) is 61.8 Å². The van der Waals surface area contributed by atoms with E-state index >= 15 is 0 Å². The number of aliphatic hydroxyl groups is 1. The van der Waals surface area contributed by atoms with Crippen molar-refractivity contribution in [3.63, 3.8) is 0 Å². The third-order valence-electron chi connectivity index (χ3n) is 19.2. The fourth-order valence-corrected chi connectivity index (χ4v) is 13.5. The van der Waals surface area contributed by atoms with Crippen LogP contribution in [0.25, 0.3) is 10.9 Å². The Labute approximate surface area is 690 Å².